The number of benzene rings is 7. The van der Waals surface area contributed by atoms with Gasteiger partial charge in [-0.15, -0.1) is 0 Å². The van der Waals surface area contributed by atoms with Gasteiger partial charge in [-0.3, -0.25) is 0 Å². The molecule has 0 aliphatic heterocycles. The minimum absolute atomic E-state index is 0.405. The smallest absolute Gasteiger partial charge is 0.129 e. The lowest BCUT2D eigenvalue weighted by Gasteiger charge is -2.36. The Labute approximate surface area is 255 Å². The predicted octanol–water partition coefficient (Wildman–Crippen LogP) is 8.78. The molecule has 0 bridgehead atoms. The molecule has 0 amide bonds. The fraction of sp³-hybridized carbons (Fsp3) is 0.0500. The van der Waals surface area contributed by atoms with Crippen LogP contribution in [0.5, 0.6) is 23.0 Å². The molecule has 0 saturated carbocycles. The zero-order valence-corrected chi connectivity index (χ0v) is 24.0. The van der Waals surface area contributed by atoms with Gasteiger partial charge in [-0.2, -0.15) is 0 Å². The Balaban J connectivity index is 1.25. The molecule has 0 unspecified atom stereocenters. The van der Waals surface area contributed by atoms with E-state index < -0.39 is 5.41 Å². The average Bonchev–Trinajstić information content (AvgIpc) is 3.04. The Morgan fingerprint density at radius 2 is 1.00 bits per heavy atom. The normalized spacial score (nSPS) is 13.5. The molecule has 4 N–H and O–H groups in total. The first-order chi connectivity index (χ1) is 21.5. The van der Waals surface area contributed by atoms with Gasteiger partial charge < -0.3 is 20.9 Å². The number of hydrogen-bond acceptors (Lipinski definition) is 4. The highest BCUT2D eigenvalue weighted by Gasteiger charge is 2.35. The molecule has 7 aromatic rings. The number of nitrogens with two attached hydrogens (primary N) is 2. The summed E-state index contributed by atoms with van der Waals surface area (Å²) in [4.78, 5) is 0. The first-order valence-electron chi connectivity index (χ1n) is 14.8. The van der Waals surface area contributed by atoms with E-state index in [4.69, 9.17) is 20.9 Å². The van der Waals surface area contributed by atoms with Crippen LogP contribution >= 0.6 is 0 Å². The lowest BCUT2D eigenvalue weighted by molar-refractivity contribution is 0.482. The largest absolute Gasteiger partial charge is 0.457 e. The average molecular weight is 571 g/mol. The van der Waals surface area contributed by atoms with Crippen LogP contribution in [0.15, 0.2) is 140 Å². The maximum atomic E-state index is 6.14. The van der Waals surface area contributed by atoms with Gasteiger partial charge in [0, 0.05) is 28.9 Å². The maximum Gasteiger partial charge on any atom is 0.129 e. The number of hydrogen-bond donors (Lipinski definition) is 2. The molecule has 4 heteroatoms. The molecule has 0 spiro atoms. The highest BCUT2D eigenvalue weighted by molar-refractivity contribution is 6.12. The number of nitrogen functional groups attached to an aromatic ring is 2. The lowest BCUT2D eigenvalue weighted by Crippen LogP contribution is -2.34. The molecule has 0 radical (unpaired) electrons. The fourth-order valence-corrected chi connectivity index (χ4v) is 6.67. The molecule has 212 valence electrons. The second kappa shape index (κ2) is 10.2. The second-order valence-electron chi connectivity index (χ2n) is 11.5. The van der Waals surface area contributed by atoms with Gasteiger partial charge in [-0.1, -0.05) is 84.9 Å². The van der Waals surface area contributed by atoms with E-state index in [-0.39, 0.29) is 0 Å². The van der Waals surface area contributed by atoms with Crippen LogP contribution in [0.2, 0.25) is 0 Å². The van der Waals surface area contributed by atoms with Crippen molar-refractivity contribution in [1.82, 2.24) is 0 Å². The van der Waals surface area contributed by atoms with Gasteiger partial charge in [0.15, 0.2) is 0 Å². The van der Waals surface area contributed by atoms with E-state index in [1.54, 1.807) is 0 Å². The molecule has 1 aliphatic carbocycles. The van der Waals surface area contributed by atoms with Crippen molar-refractivity contribution < 1.29 is 9.47 Å². The van der Waals surface area contributed by atoms with E-state index in [2.05, 4.69) is 72.8 Å². The summed E-state index contributed by atoms with van der Waals surface area (Å²) in [6.07, 6.45) is 3.28. The quantitative estimate of drug-likeness (QED) is 0.196. The van der Waals surface area contributed by atoms with E-state index in [1.165, 1.54) is 43.5 Å². The van der Waals surface area contributed by atoms with Gasteiger partial charge in [0.25, 0.3) is 0 Å². The highest BCUT2D eigenvalue weighted by atomic mass is 16.5. The third-order valence-electron chi connectivity index (χ3n) is 8.69. The Bertz CT molecular complexity index is 2110. The van der Waals surface area contributed by atoms with Gasteiger partial charge in [0.1, 0.15) is 23.0 Å². The van der Waals surface area contributed by atoms with E-state index in [1.807, 2.05) is 72.8 Å². The molecule has 0 saturated heterocycles. The monoisotopic (exact) mass is 570 g/mol. The molecule has 7 aromatic carbocycles. The van der Waals surface area contributed by atoms with Crippen LogP contribution in [0.1, 0.15) is 16.7 Å². The minimum atomic E-state index is -0.405. The molecule has 1 aliphatic rings. The molecule has 0 atom stereocenters. The zero-order chi connectivity index (χ0) is 29.7. The summed E-state index contributed by atoms with van der Waals surface area (Å²) >= 11 is 0. The summed E-state index contributed by atoms with van der Waals surface area (Å²) in [7, 11) is 0. The summed E-state index contributed by atoms with van der Waals surface area (Å²) < 4.78 is 12.3. The Morgan fingerprint density at radius 3 is 1.55 bits per heavy atom. The first kappa shape index (κ1) is 25.9. The van der Waals surface area contributed by atoms with Crippen molar-refractivity contribution in [1.29, 1.82) is 0 Å². The summed E-state index contributed by atoms with van der Waals surface area (Å²) in [6, 6.07) is 47.5. The van der Waals surface area contributed by atoms with Crippen LogP contribution in [0.3, 0.4) is 0 Å². The van der Waals surface area contributed by atoms with Gasteiger partial charge in [0.05, 0.1) is 0 Å². The molecule has 0 fully saturated rings. The summed E-state index contributed by atoms with van der Waals surface area (Å²) in [5.74, 6) is 2.95. The van der Waals surface area contributed by atoms with Gasteiger partial charge >= 0.3 is 0 Å². The molecular weight excluding hydrogens is 540 g/mol. The van der Waals surface area contributed by atoms with Gasteiger partial charge in [-0.05, 0) is 98.4 Å². The summed E-state index contributed by atoms with van der Waals surface area (Å²) in [5.41, 5.74) is 16.6. The Morgan fingerprint density at radius 1 is 0.477 bits per heavy atom. The van der Waals surface area contributed by atoms with E-state index in [0.717, 1.165) is 17.9 Å². The third-order valence-corrected chi connectivity index (χ3v) is 8.69. The molecule has 0 heterocycles. The SMILES string of the molecule is Nc1cccc(Oc2ccc(C3(c4ccc(Oc5cccc(N)c5)cc4)C=c4ccc5cccc6ccc(c4c65)C3)cc2)c1. The van der Waals surface area contributed by atoms with Crippen LogP contribution in [-0.4, -0.2) is 0 Å². The zero-order valence-electron chi connectivity index (χ0n) is 24.0. The standard InChI is InChI=1S/C40H30N2O2/c41-32-6-2-8-36(22-32)43-34-18-14-30(15-19-34)40(31-16-20-35(21-17-31)44-37-9-3-7-33(42)23-37)24-28-12-10-26-4-1-5-27-11-13-29(25-40)39(28)38(26)27/h1-24H,25,41-42H2. The maximum absolute atomic E-state index is 6.14. The van der Waals surface area contributed by atoms with E-state index >= 15 is 0 Å². The predicted molar refractivity (Wildman–Crippen MR) is 180 cm³/mol. The van der Waals surface area contributed by atoms with Crippen LogP contribution < -0.4 is 26.2 Å². The van der Waals surface area contributed by atoms with Gasteiger partial charge in [0.2, 0.25) is 0 Å². The summed E-state index contributed by atoms with van der Waals surface area (Å²) in [6.45, 7) is 0. The molecule has 0 aromatic heterocycles. The second-order valence-corrected chi connectivity index (χ2v) is 11.5. The molecule has 8 rings (SSSR count). The lowest BCUT2D eigenvalue weighted by atomic mass is 9.67. The summed E-state index contributed by atoms with van der Waals surface area (Å²) in [5, 5.41) is 6.48. The Kier molecular flexibility index (Phi) is 6.02. The van der Waals surface area contributed by atoms with Crippen molar-refractivity contribution in [2.75, 3.05) is 11.5 Å². The van der Waals surface area contributed by atoms with Gasteiger partial charge in [-0.25, -0.2) is 0 Å². The Hall–Kier alpha value is -5.74. The number of anilines is 2. The van der Waals surface area contributed by atoms with Crippen molar-refractivity contribution >= 4 is 39.0 Å². The van der Waals surface area contributed by atoms with Crippen LogP contribution in [0.4, 0.5) is 11.4 Å². The van der Waals surface area contributed by atoms with Crippen LogP contribution in [0.25, 0.3) is 27.6 Å². The molecule has 44 heavy (non-hydrogen) atoms. The van der Waals surface area contributed by atoms with Crippen LogP contribution in [0, 0.1) is 0 Å². The number of rotatable bonds is 6. The van der Waals surface area contributed by atoms with Crippen molar-refractivity contribution in [3.05, 3.63) is 161 Å². The van der Waals surface area contributed by atoms with Crippen molar-refractivity contribution in [2.24, 2.45) is 0 Å². The van der Waals surface area contributed by atoms with E-state index in [0.29, 0.717) is 22.9 Å². The first-order valence-corrected chi connectivity index (χ1v) is 14.8. The fourth-order valence-electron chi connectivity index (χ4n) is 6.67. The highest BCUT2D eigenvalue weighted by Crippen LogP contribution is 2.43. The molecule has 4 nitrogen and oxygen atoms in total. The number of ether oxygens (including phenoxy) is 2. The van der Waals surface area contributed by atoms with Crippen LogP contribution in [-0.2, 0) is 11.8 Å². The van der Waals surface area contributed by atoms with Crippen molar-refractivity contribution in [2.45, 2.75) is 11.8 Å². The topological polar surface area (TPSA) is 70.5 Å². The van der Waals surface area contributed by atoms with Crippen molar-refractivity contribution in [3.8, 4) is 23.0 Å². The van der Waals surface area contributed by atoms with Crippen molar-refractivity contribution in [3.63, 3.8) is 0 Å². The minimum Gasteiger partial charge on any atom is -0.457 e. The third kappa shape index (κ3) is 4.48. The molecular formula is C40H30N2O2. The van der Waals surface area contributed by atoms with E-state index in [9.17, 15) is 0 Å².